The van der Waals surface area contributed by atoms with E-state index in [2.05, 4.69) is 11.0 Å². The zero-order valence-corrected chi connectivity index (χ0v) is 10.5. The third kappa shape index (κ3) is 3.64. The molecule has 18 heavy (non-hydrogen) atoms. The molecule has 0 bridgehead atoms. The number of rotatable bonds is 7. The molecule has 1 fully saturated rings. The van der Waals surface area contributed by atoms with E-state index in [1.807, 2.05) is 24.3 Å². The van der Waals surface area contributed by atoms with Gasteiger partial charge in [0.2, 0.25) is 0 Å². The molecule has 1 aliphatic rings. The standard InChI is InChI=1S/C14H19N3O/c15-8-3-9-17(12-6-7-12)10-11-18-14-5-2-1-4-13(14)16/h1-2,4-5,12H,3,6-7,9-11,16H2. The summed E-state index contributed by atoms with van der Waals surface area (Å²) in [6.45, 7) is 2.33. The molecule has 0 aromatic heterocycles. The van der Waals surface area contributed by atoms with Crippen molar-refractivity contribution in [3.63, 3.8) is 0 Å². The summed E-state index contributed by atoms with van der Waals surface area (Å²) in [5, 5.41) is 8.63. The highest BCUT2D eigenvalue weighted by molar-refractivity contribution is 5.51. The Hall–Kier alpha value is -1.73. The van der Waals surface area contributed by atoms with E-state index in [-0.39, 0.29) is 0 Å². The van der Waals surface area contributed by atoms with Gasteiger partial charge in [0.1, 0.15) is 12.4 Å². The van der Waals surface area contributed by atoms with E-state index in [0.717, 1.165) is 18.8 Å². The molecule has 0 spiro atoms. The third-order valence-corrected chi connectivity index (χ3v) is 3.13. The van der Waals surface area contributed by atoms with Gasteiger partial charge in [-0.25, -0.2) is 0 Å². The van der Waals surface area contributed by atoms with Gasteiger partial charge in [0.15, 0.2) is 0 Å². The first-order valence-electron chi connectivity index (χ1n) is 6.39. The van der Waals surface area contributed by atoms with Crippen LogP contribution in [-0.2, 0) is 0 Å². The molecule has 2 rings (SSSR count). The van der Waals surface area contributed by atoms with Gasteiger partial charge in [-0.05, 0) is 25.0 Å². The van der Waals surface area contributed by atoms with Crippen molar-refractivity contribution in [2.24, 2.45) is 0 Å². The van der Waals surface area contributed by atoms with Crippen LogP contribution in [-0.4, -0.2) is 30.6 Å². The monoisotopic (exact) mass is 245 g/mol. The van der Waals surface area contributed by atoms with Gasteiger partial charge >= 0.3 is 0 Å². The number of nitrogens with two attached hydrogens (primary N) is 1. The number of nitrogen functional groups attached to an aromatic ring is 1. The summed E-state index contributed by atoms with van der Waals surface area (Å²) in [5.74, 6) is 0.744. The second-order valence-corrected chi connectivity index (χ2v) is 4.56. The summed E-state index contributed by atoms with van der Waals surface area (Å²) in [5.41, 5.74) is 6.48. The van der Waals surface area contributed by atoms with E-state index in [1.54, 1.807) is 0 Å². The van der Waals surface area contributed by atoms with Crippen molar-refractivity contribution in [3.05, 3.63) is 24.3 Å². The van der Waals surface area contributed by atoms with Crippen molar-refractivity contribution >= 4 is 5.69 Å². The minimum atomic E-state index is 0.587. The van der Waals surface area contributed by atoms with Crippen LogP contribution in [0.2, 0.25) is 0 Å². The Morgan fingerprint density at radius 3 is 2.78 bits per heavy atom. The number of ether oxygens (including phenoxy) is 1. The van der Waals surface area contributed by atoms with Crippen LogP contribution in [0.1, 0.15) is 19.3 Å². The van der Waals surface area contributed by atoms with Gasteiger partial charge in [-0.1, -0.05) is 12.1 Å². The zero-order chi connectivity index (χ0) is 12.8. The lowest BCUT2D eigenvalue weighted by molar-refractivity contribution is 0.205. The molecule has 0 radical (unpaired) electrons. The van der Waals surface area contributed by atoms with Crippen LogP contribution in [0.15, 0.2) is 24.3 Å². The van der Waals surface area contributed by atoms with Gasteiger partial charge in [-0.2, -0.15) is 5.26 Å². The molecule has 96 valence electrons. The molecule has 0 atom stereocenters. The summed E-state index contributed by atoms with van der Waals surface area (Å²) in [4.78, 5) is 2.34. The molecule has 1 aromatic carbocycles. The van der Waals surface area contributed by atoms with E-state index in [1.165, 1.54) is 12.8 Å². The molecular weight excluding hydrogens is 226 g/mol. The maximum atomic E-state index is 8.63. The van der Waals surface area contributed by atoms with Crippen molar-refractivity contribution in [3.8, 4) is 11.8 Å². The van der Waals surface area contributed by atoms with E-state index >= 15 is 0 Å². The summed E-state index contributed by atoms with van der Waals surface area (Å²) in [6, 6.07) is 10.4. The number of hydrogen-bond donors (Lipinski definition) is 1. The minimum absolute atomic E-state index is 0.587. The molecule has 0 amide bonds. The largest absolute Gasteiger partial charge is 0.490 e. The van der Waals surface area contributed by atoms with E-state index < -0.39 is 0 Å². The number of hydrogen-bond acceptors (Lipinski definition) is 4. The highest BCUT2D eigenvalue weighted by Crippen LogP contribution is 2.27. The fraction of sp³-hybridized carbons (Fsp3) is 0.500. The highest BCUT2D eigenvalue weighted by atomic mass is 16.5. The van der Waals surface area contributed by atoms with E-state index in [0.29, 0.717) is 24.8 Å². The molecule has 0 saturated heterocycles. The molecule has 1 aromatic rings. The molecule has 0 unspecified atom stereocenters. The lowest BCUT2D eigenvalue weighted by atomic mass is 10.3. The topological polar surface area (TPSA) is 62.3 Å². The van der Waals surface area contributed by atoms with Crippen molar-refractivity contribution in [2.45, 2.75) is 25.3 Å². The van der Waals surface area contributed by atoms with Crippen molar-refractivity contribution in [1.29, 1.82) is 5.26 Å². The van der Waals surface area contributed by atoms with Crippen LogP contribution in [0.5, 0.6) is 5.75 Å². The Balaban J connectivity index is 1.76. The predicted molar refractivity (Wildman–Crippen MR) is 71.2 cm³/mol. The number of para-hydroxylation sites is 2. The van der Waals surface area contributed by atoms with E-state index in [9.17, 15) is 0 Å². The van der Waals surface area contributed by atoms with Crippen LogP contribution in [0, 0.1) is 11.3 Å². The summed E-state index contributed by atoms with van der Waals surface area (Å²) in [7, 11) is 0. The molecule has 4 heteroatoms. The fourth-order valence-corrected chi connectivity index (χ4v) is 2.00. The van der Waals surface area contributed by atoms with Crippen molar-refractivity contribution < 1.29 is 4.74 Å². The fourth-order valence-electron chi connectivity index (χ4n) is 2.00. The quantitative estimate of drug-likeness (QED) is 0.747. The molecule has 2 N–H and O–H groups in total. The average Bonchev–Trinajstić information content (AvgIpc) is 3.20. The predicted octanol–water partition coefficient (Wildman–Crippen LogP) is 2.03. The van der Waals surface area contributed by atoms with Crippen LogP contribution >= 0.6 is 0 Å². The summed E-state index contributed by atoms with van der Waals surface area (Å²) in [6.07, 6.45) is 3.09. The van der Waals surface area contributed by atoms with Crippen molar-refractivity contribution in [2.75, 3.05) is 25.4 Å². The molecule has 1 aliphatic carbocycles. The normalized spacial score (nSPS) is 14.4. The molecule has 0 aliphatic heterocycles. The Labute approximate surface area is 108 Å². The number of nitrogens with zero attached hydrogens (tertiary/aromatic N) is 2. The number of nitriles is 1. The first kappa shape index (κ1) is 12.7. The average molecular weight is 245 g/mol. The van der Waals surface area contributed by atoms with Gasteiger partial charge < -0.3 is 10.5 Å². The molecule has 4 nitrogen and oxygen atoms in total. The molecule has 1 saturated carbocycles. The van der Waals surface area contributed by atoms with Crippen LogP contribution in [0.3, 0.4) is 0 Å². The Morgan fingerprint density at radius 1 is 1.33 bits per heavy atom. The first-order valence-corrected chi connectivity index (χ1v) is 6.39. The highest BCUT2D eigenvalue weighted by Gasteiger charge is 2.28. The number of anilines is 1. The van der Waals surface area contributed by atoms with E-state index in [4.69, 9.17) is 15.7 Å². The number of benzene rings is 1. The smallest absolute Gasteiger partial charge is 0.142 e. The van der Waals surface area contributed by atoms with Crippen LogP contribution < -0.4 is 10.5 Å². The van der Waals surface area contributed by atoms with Gasteiger partial charge in [0.05, 0.1) is 11.8 Å². The van der Waals surface area contributed by atoms with Gasteiger partial charge in [-0.15, -0.1) is 0 Å². The maximum absolute atomic E-state index is 8.63. The molecular formula is C14H19N3O. The maximum Gasteiger partial charge on any atom is 0.142 e. The van der Waals surface area contributed by atoms with Gasteiger partial charge in [0.25, 0.3) is 0 Å². The van der Waals surface area contributed by atoms with Crippen molar-refractivity contribution in [1.82, 2.24) is 4.90 Å². The second kappa shape index (κ2) is 6.27. The SMILES string of the molecule is N#CCCN(CCOc1ccccc1N)C1CC1. The van der Waals surface area contributed by atoms with Crippen LogP contribution in [0.4, 0.5) is 5.69 Å². The molecule has 0 heterocycles. The van der Waals surface area contributed by atoms with Gasteiger partial charge in [0, 0.05) is 25.6 Å². The lowest BCUT2D eigenvalue weighted by Crippen LogP contribution is -2.31. The summed E-state index contributed by atoms with van der Waals surface area (Å²) >= 11 is 0. The Kier molecular flexibility index (Phi) is 4.43. The third-order valence-electron chi connectivity index (χ3n) is 3.13. The minimum Gasteiger partial charge on any atom is -0.490 e. The first-order chi connectivity index (χ1) is 8.81. The van der Waals surface area contributed by atoms with Crippen LogP contribution in [0.25, 0.3) is 0 Å². The lowest BCUT2D eigenvalue weighted by Gasteiger charge is -2.20. The summed E-state index contributed by atoms with van der Waals surface area (Å²) < 4.78 is 5.68. The second-order valence-electron chi connectivity index (χ2n) is 4.56. The Bertz CT molecular complexity index is 423. The zero-order valence-electron chi connectivity index (χ0n) is 10.5. The van der Waals surface area contributed by atoms with Gasteiger partial charge in [-0.3, -0.25) is 4.90 Å². The Morgan fingerprint density at radius 2 is 2.11 bits per heavy atom.